The van der Waals surface area contributed by atoms with Crippen LogP contribution in [0.25, 0.3) is 0 Å². The van der Waals surface area contributed by atoms with Gasteiger partial charge in [-0.15, -0.1) is 0 Å². The Labute approximate surface area is 76.9 Å². The Hall–Kier alpha value is -1.36. The number of carbonyl (C=O) groups is 1. The second-order valence-corrected chi connectivity index (χ2v) is 3.07. The number of aromatic nitrogens is 2. The van der Waals surface area contributed by atoms with E-state index in [1.165, 1.54) is 0 Å². The molecule has 72 valence electrons. The molecule has 0 saturated carbocycles. The highest BCUT2D eigenvalue weighted by Crippen LogP contribution is 2.07. The minimum absolute atomic E-state index is 0.206. The highest BCUT2D eigenvalue weighted by atomic mass is 16.2. The van der Waals surface area contributed by atoms with Crippen LogP contribution in [-0.2, 0) is 11.8 Å². The maximum atomic E-state index is 11.2. The lowest BCUT2D eigenvalue weighted by atomic mass is 10.3. The van der Waals surface area contributed by atoms with E-state index in [2.05, 4.69) is 10.4 Å². The molecule has 1 unspecified atom stereocenters. The lowest BCUT2D eigenvalue weighted by molar-refractivity contribution is -0.117. The second-order valence-electron chi connectivity index (χ2n) is 3.07. The number of aryl methyl sites for hydroxylation is 2. The Morgan fingerprint density at radius 3 is 2.77 bits per heavy atom. The third-order valence-corrected chi connectivity index (χ3v) is 1.67. The van der Waals surface area contributed by atoms with E-state index in [0.717, 1.165) is 5.69 Å². The first-order valence-electron chi connectivity index (χ1n) is 4.08. The van der Waals surface area contributed by atoms with Gasteiger partial charge >= 0.3 is 0 Å². The Morgan fingerprint density at radius 1 is 1.77 bits per heavy atom. The summed E-state index contributed by atoms with van der Waals surface area (Å²) in [5.41, 5.74) is 6.26. The van der Waals surface area contributed by atoms with Crippen LogP contribution in [0.2, 0.25) is 0 Å². The van der Waals surface area contributed by atoms with E-state index in [1.54, 1.807) is 24.7 Å². The first-order valence-corrected chi connectivity index (χ1v) is 4.08. The summed E-state index contributed by atoms with van der Waals surface area (Å²) in [7, 11) is 1.77. The van der Waals surface area contributed by atoms with Crippen molar-refractivity contribution in [2.24, 2.45) is 12.8 Å². The molecule has 1 aromatic heterocycles. The predicted molar refractivity (Wildman–Crippen MR) is 50.2 cm³/mol. The molecule has 3 N–H and O–H groups in total. The van der Waals surface area contributed by atoms with Crippen LogP contribution in [0.4, 0.5) is 5.82 Å². The fraction of sp³-hybridized carbons (Fsp3) is 0.500. The third kappa shape index (κ3) is 2.29. The summed E-state index contributed by atoms with van der Waals surface area (Å²) >= 11 is 0. The monoisotopic (exact) mass is 182 g/mol. The molecule has 0 bridgehead atoms. The van der Waals surface area contributed by atoms with Gasteiger partial charge in [-0.05, 0) is 13.8 Å². The fourth-order valence-electron chi connectivity index (χ4n) is 0.968. The van der Waals surface area contributed by atoms with Crippen molar-refractivity contribution in [2.75, 3.05) is 5.32 Å². The van der Waals surface area contributed by atoms with Gasteiger partial charge < -0.3 is 11.1 Å². The molecule has 0 radical (unpaired) electrons. The summed E-state index contributed by atoms with van der Waals surface area (Å²) < 4.78 is 1.61. The topological polar surface area (TPSA) is 72.9 Å². The molecule has 1 rings (SSSR count). The first-order chi connectivity index (χ1) is 6.00. The molecule has 1 heterocycles. The van der Waals surface area contributed by atoms with Crippen molar-refractivity contribution in [3.8, 4) is 0 Å². The summed E-state index contributed by atoms with van der Waals surface area (Å²) in [6, 6.07) is 1.29. The standard InChI is InChI=1S/C8H14N4O/c1-5-4-7(12(3)11-5)10-8(13)6(2)9/h4,6H,9H2,1-3H3,(H,10,13). The van der Waals surface area contributed by atoms with Crippen molar-refractivity contribution in [3.63, 3.8) is 0 Å². The Balaban J connectivity index is 2.74. The summed E-state index contributed by atoms with van der Waals surface area (Å²) in [6.45, 7) is 3.50. The molecule has 0 aromatic carbocycles. The van der Waals surface area contributed by atoms with E-state index in [4.69, 9.17) is 5.73 Å². The van der Waals surface area contributed by atoms with Gasteiger partial charge in [-0.2, -0.15) is 5.10 Å². The normalized spacial score (nSPS) is 12.6. The summed E-state index contributed by atoms with van der Waals surface area (Å²) in [6.07, 6.45) is 0. The molecule has 0 aliphatic rings. The van der Waals surface area contributed by atoms with Crippen molar-refractivity contribution in [1.82, 2.24) is 9.78 Å². The van der Waals surface area contributed by atoms with Crippen molar-refractivity contribution in [2.45, 2.75) is 19.9 Å². The average molecular weight is 182 g/mol. The quantitative estimate of drug-likeness (QED) is 0.677. The smallest absolute Gasteiger partial charge is 0.242 e. The van der Waals surface area contributed by atoms with Crippen LogP contribution < -0.4 is 11.1 Å². The van der Waals surface area contributed by atoms with Gasteiger partial charge in [0.05, 0.1) is 11.7 Å². The molecule has 0 spiro atoms. The molecule has 0 aliphatic heterocycles. The summed E-state index contributed by atoms with van der Waals surface area (Å²) in [5.74, 6) is 0.461. The molecule has 5 nitrogen and oxygen atoms in total. The van der Waals surface area contributed by atoms with E-state index in [9.17, 15) is 4.79 Å². The number of anilines is 1. The highest BCUT2D eigenvalue weighted by Gasteiger charge is 2.09. The molecular weight excluding hydrogens is 168 g/mol. The van der Waals surface area contributed by atoms with Gasteiger partial charge in [-0.3, -0.25) is 9.48 Å². The maximum absolute atomic E-state index is 11.2. The van der Waals surface area contributed by atoms with E-state index < -0.39 is 6.04 Å². The molecular formula is C8H14N4O. The van der Waals surface area contributed by atoms with Crippen molar-refractivity contribution < 1.29 is 4.79 Å². The van der Waals surface area contributed by atoms with E-state index >= 15 is 0 Å². The predicted octanol–water partition coefficient (Wildman–Crippen LogP) is 0.0142. The molecule has 0 saturated heterocycles. The first kappa shape index (κ1) is 9.73. The largest absolute Gasteiger partial charge is 0.320 e. The molecule has 1 atom stereocenters. The fourth-order valence-corrected chi connectivity index (χ4v) is 0.968. The second kappa shape index (κ2) is 3.57. The third-order valence-electron chi connectivity index (χ3n) is 1.67. The van der Waals surface area contributed by atoms with Gasteiger partial charge in [0.1, 0.15) is 5.82 Å². The Kier molecular flexibility index (Phi) is 2.67. The van der Waals surface area contributed by atoms with Crippen molar-refractivity contribution in [1.29, 1.82) is 0 Å². The number of nitrogens with two attached hydrogens (primary N) is 1. The Morgan fingerprint density at radius 2 is 2.38 bits per heavy atom. The molecule has 13 heavy (non-hydrogen) atoms. The van der Waals surface area contributed by atoms with Gasteiger partial charge in [-0.1, -0.05) is 0 Å². The molecule has 1 aromatic rings. The van der Waals surface area contributed by atoms with Crippen LogP contribution in [0.5, 0.6) is 0 Å². The van der Waals surface area contributed by atoms with E-state index in [1.807, 2.05) is 6.92 Å². The minimum Gasteiger partial charge on any atom is -0.320 e. The average Bonchev–Trinajstić information content (AvgIpc) is 2.30. The number of hydrogen-bond acceptors (Lipinski definition) is 3. The number of rotatable bonds is 2. The molecule has 1 amide bonds. The highest BCUT2D eigenvalue weighted by molar-refractivity contribution is 5.93. The maximum Gasteiger partial charge on any atom is 0.242 e. The van der Waals surface area contributed by atoms with Crippen LogP contribution in [0.3, 0.4) is 0 Å². The van der Waals surface area contributed by atoms with Crippen molar-refractivity contribution >= 4 is 11.7 Å². The number of carbonyl (C=O) groups excluding carboxylic acids is 1. The van der Waals surface area contributed by atoms with Crippen LogP contribution in [0, 0.1) is 6.92 Å². The number of amides is 1. The van der Waals surface area contributed by atoms with Gasteiger partial charge in [0.15, 0.2) is 0 Å². The summed E-state index contributed by atoms with van der Waals surface area (Å²) in [5, 5.41) is 6.75. The van der Waals surface area contributed by atoms with Gasteiger partial charge in [0.2, 0.25) is 5.91 Å². The van der Waals surface area contributed by atoms with Gasteiger partial charge in [0, 0.05) is 13.1 Å². The molecule has 0 fully saturated rings. The minimum atomic E-state index is -0.504. The van der Waals surface area contributed by atoms with Crippen LogP contribution >= 0.6 is 0 Å². The lowest BCUT2D eigenvalue weighted by Gasteiger charge is -2.06. The van der Waals surface area contributed by atoms with Crippen molar-refractivity contribution in [3.05, 3.63) is 11.8 Å². The SMILES string of the molecule is Cc1cc(NC(=O)C(C)N)n(C)n1. The Bertz CT molecular complexity index is 316. The van der Waals surface area contributed by atoms with E-state index in [-0.39, 0.29) is 5.91 Å². The zero-order valence-electron chi connectivity index (χ0n) is 8.03. The lowest BCUT2D eigenvalue weighted by Crippen LogP contribution is -2.33. The number of nitrogens with one attached hydrogen (secondary N) is 1. The van der Waals surface area contributed by atoms with Gasteiger partial charge in [-0.25, -0.2) is 0 Å². The van der Waals surface area contributed by atoms with Crippen LogP contribution in [0.15, 0.2) is 6.07 Å². The number of hydrogen-bond donors (Lipinski definition) is 2. The van der Waals surface area contributed by atoms with Crippen LogP contribution in [0.1, 0.15) is 12.6 Å². The zero-order chi connectivity index (χ0) is 10.0. The van der Waals surface area contributed by atoms with E-state index in [0.29, 0.717) is 5.82 Å². The van der Waals surface area contributed by atoms with Gasteiger partial charge in [0.25, 0.3) is 0 Å². The van der Waals surface area contributed by atoms with Crippen LogP contribution in [-0.4, -0.2) is 21.7 Å². The molecule has 5 heteroatoms. The molecule has 0 aliphatic carbocycles. The zero-order valence-corrected chi connectivity index (χ0v) is 8.03. The number of nitrogens with zero attached hydrogens (tertiary/aromatic N) is 2. The summed E-state index contributed by atoms with van der Waals surface area (Å²) in [4.78, 5) is 11.2.